The van der Waals surface area contributed by atoms with Crippen LogP contribution in [0, 0.1) is 5.82 Å². The minimum atomic E-state index is -0.881. The van der Waals surface area contributed by atoms with Gasteiger partial charge in [0.05, 0.1) is 5.02 Å². The summed E-state index contributed by atoms with van der Waals surface area (Å²) in [6.07, 6.45) is 0.701. The Morgan fingerprint density at radius 1 is 1.50 bits per heavy atom. The molecule has 0 atom stereocenters. The molecule has 0 aliphatic carbocycles. The van der Waals surface area contributed by atoms with Gasteiger partial charge in [0.25, 0.3) is 0 Å². The van der Waals surface area contributed by atoms with Gasteiger partial charge in [-0.05, 0) is 26.0 Å². The molecule has 0 amide bonds. The number of carbonyl (C=O) groups excluding carboxylic acids is 1. The minimum Gasteiger partial charge on any atom is -0.302 e. The first-order valence-electron chi connectivity index (χ1n) is 4.00. The first kappa shape index (κ1) is 11.7. The van der Waals surface area contributed by atoms with E-state index in [1.165, 1.54) is 6.07 Å². The van der Waals surface area contributed by atoms with E-state index in [4.69, 9.17) is 11.6 Å². The molecular weight excluding hydrogens is 270 g/mol. The van der Waals surface area contributed by atoms with Crippen molar-refractivity contribution in [2.45, 2.75) is 19.3 Å². The minimum absolute atomic E-state index is 0.0260. The maximum absolute atomic E-state index is 13.6. The van der Waals surface area contributed by atoms with Gasteiger partial charge >= 0.3 is 0 Å². The van der Waals surface area contributed by atoms with Crippen LogP contribution in [0.5, 0.6) is 0 Å². The normalized spacial score (nSPS) is 11.5. The van der Waals surface area contributed by atoms with Crippen LogP contribution in [-0.2, 0) is 10.2 Å². The molecule has 0 aliphatic heterocycles. The van der Waals surface area contributed by atoms with Crippen LogP contribution in [0.4, 0.5) is 4.39 Å². The van der Waals surface area contributed by atoms with Crippen LogP contribution in [-0.4, -0.2) is 6.29 Å². The van der Waals surface area contributed by atoms with Crippen LogP contribution in [0.3, 0.4) is 0 Å². The average molecular weight is 280 g/mol. The Balaban J connectivity index is 3.47. The van der Waals surface area contributed by atoms with Crippen LogP contribution in [0.15, 0.2) is 16.6 Å². The quantitative estimate of drug-likeness (QED) is 0.596. The molecule has 14 heavy (non-hydrogen) atoms. The van der Waals surface area contributed by atoms with E-state index in [-0.39, 0.29) is 5.02 Å². The first-order valence-corrected chi connectivity index (χ1v) is 5.17. The van der Waals surface area contributed by atoms with Crippen molar-refractivity contribution in [2.75, 3.05) is 0 Å². The summed E-state index contributed by atoms with van der Waals surface area (Å²) in [5.41, 5.74) is -0.589. The standard InChI is InChI=1S/C10H9BrClFO/c1-10(2,5-14)8-6(11)3-4-7(12)9(8)13/h3-5H,1-2H3. The Morgan fingerprint density at radius 3 is 2.57 bits per heavy atom. The molecule has 0 aromatic heterocycles. The fraction of sp³-hybridized carbons (Fsp3) is 0.300. The zero-order chi connectivity index (χ0) is 10.9. The van der Waals surface area contributed by atoms with Crippen molar-refractivity contribution in [3.63, 3.8) is 0 Å². The molecule has 0 aliphatic rings. The lowest BCUT2D eigenvalue weighted by Gasteiger charge is -2.20. The second-order valence-corrected chi connectivity index (χ2v) is 4.82. The third kappa shape index (κ3) is 1.98. The molecule has 0 fully saturated rings. The van der Waals surface area contributed by atoms with E-state index in [0.29, 0.717) is 16.3 Å². The first-order chi connectivity index (χ1) is 6.40. The number of aldehydes is 1. The number of carbonyl (C=O) groups is 1. The van der Waals surface area contributed by atoms with Gasteiger partial charge in [0.1, 0.15) is 12.1 Å². The summed E-state index contributed by atoms with van der Waals surface area (Å²) in [5, 5.41) is 0.0260. The number of rotatable bonds is 2. The zero-order valence-electron chi connectivity index (χ0n) is 7.77. The lowest BCUT2D eigenvalue weighted by molar-refractivity contribution is -0.111. The van der Waals surface area contributed by atoms with E-state index >= 15 is 0 Å². The smallest absolute Gasteiger partial charge is 0.147 e. The van der Waals surface area contributed by atoms with Gasteiger partial charge in [-0.3, -0.25) is 0 Å². The predicted octanol–water partition coefficient (Wildman–Crippen LogP) is 3.72. The van der Waals surface area contributed by atoms with Crippen molar-refractivity contribution in [2.24, 2.45) is 0 Å². The third-order valence-corrected chi connectivity index (χ3v) is 2.94. The molecule has 1 rings (SSSR count). The van der Waals surface area contributed by atoms with Gasteiger partial charge in [0.2, 0.25) is 0 Å². The van der Waals surface area contributed by atoms with Crippen molar-refractivity contribution in [3.8, 4) is 0 Å². The third-order valence-electron chi connectivity index (χ3n) is 1.98. The Labute approximate surface area is 95.4 Å². The number of benzene rings is 1. The van der Waals surface area contributed by atoms with Crippen LogP contribution >= 0.6 is 27.5 Å². The van der Waals surface area contributed by atoms with Crippen LogP contribution in [0.1, 0.15) is 19.4 Å². The highest BCUT2D eigenvalue weighted by molar-refractivity contribution is 9.10. The van der Waals surface area contributed by atoms with E-state index in [9.17, 15) is 9.18 Å². The molecule has 0 unspecified atom stereocenters. The van der Waals surface area contributed by atoms with Crippen molar-refractivity contribution in [1.82, 2.24) is 0 Å². The molecule has 0 bridgehead atoms. The summed E-state index contributed by atoms with van der Waals surface area (Å²) in [7, 11) is 0. The summed E-state index contributed by atoms with van der Waals surface area (Å²) < 4.78 is 14.2. The lowest BCUT2D eigenvalue weighted by atomic mass is 9.86. The highest BCUT2D eigenvalue weighted by Gasteiger charge is 2.27. The highest BCUT2D eigenvalue weighted by atomic mass is 79.9. The van der Waals surface area contributed by atoms with Gasteiger partial charge in [-0.2, -0.15) is 0 Å². The van der Waals surface area contributed by atoms with Crippen molar-refractivity contribution in [1.29, 1.82) is 0 Å². The molecule has 0 spiro atoms. The zero-order valence-corrected chi connectivity index (χ0v) is 10.1. The summed E-state index contributed by atoms with van der Waals surface area (Å²) in [6.45, 7) is 3.28. The van der Waals surface area contributed by atoms with E-state index in [1.807, 2.05) is 0 Å². The highest BCUT2D eigenvalue weighted by Crippen LogP contribution is 2.34. The molecular formula is C10H9BrClFO. The Kier molecular flexibility index (Phi) is 3.32. The number of halogens is 3. The molecule has 4 heteroatoms. The van der Waals surface area contributed by atoms with Crippen molar-refractivity contribution in [3.05, 3.63) is 33.0 Å². The van der Waals surface area contributed by atoms with Crippen LogP contribution in [0.25, 0.3) is 0 Å². The molecule has 76 valence electrons. The Morgan fingerprint density at radius 2 is 2.07 bits per heavy atom. The maximum atomic E-state index is 13.6. The van der Waals surface area contributed by atoms with Gasteiger partial charge in [0, 0.05) is 15.5 Å². The van der Waals surface area contributed by atoms with E-state index in [0.717, 1.165) is 0 Å². The molecule has 1 aromatic carbocycles. The lowest BCUT2D eigenvalue weighted by Crippen LogP contribution is -2.21. The van der Waals surface area contributed by atoms with Crippen LogP contribution < -0.4 is 0 Å². The van der Waals surface area contributed by atoms with Crippen molar-refractivity contribution >= 4 is 33.8 Å². The molecule has 0 saturated carbocycles. The van der Waals surface area contributed by atoms with Gasteiger partial charge < -0.3 is 4.79 Å². The largest absolute Gasteiger partial charge is 0.302 e. The second-order valence-electron chi connectivity index (χ2n) is 3.56. The molecule has 0 heterocycles. The molecule has 1 aromatic rings. The fourth-order valence-corrected chi connectivity index (χ4v) is 2.15. The molecule has 0 N–H and O–H groups in total. The van der Waals surface area contributed by atoms with Gasteiger partial charge in [-0.1, -0.05) is 27.5 Å². The van der Waals surface area contributed by atoms with E-state index < -0.39 is 11.2 Å². The monoisotopic (exact) mass is 278 g/mol. The molecule has 0 saturated heterocycles. The topological polar surface area (TPSA) is 17.1 Å². The van der Waals surface area contributed by atoms with Gasteiger partial charge in [-0.25, -0.2) is 4.39 Å². The number of hydrogen-bond acceptors (Lipinski definition) is 1. The summed E-state index contributed by atoms with van der Waals surface area (Å²) in [6, 6.07) is 3.08. The SMILES string of the molecule is CC(C)(C=O)c1c(Br)ccc(Cl)c1F. The van der Waals surface area contributed by atoms with Crippen molar-refractivity contribution < 1.29 is 9.18 Å². The van der Waals surface area contributed by atoms with E-state index in [2.05, 4.69) is 15.9 Å². The van der Waals surface area contributed by atoms with Gasteiger partial charge in [-0.15, -0.1) is 0 Å². The van der Waals surface area contributed by atoms with Gasteiger partial charge in [0.15, 0.2) is 0 Å². The summed E-state index contributed by atoms with van der Waals surface area (Å²) in [5.74, 6) is -0.543. The fourth-order valence-electron chi connectivity index (χ4n) is 1.18. The predicted molar refractivity (Wildman–Crippen MR) is 58.2 cm³/mol. The Bertz CT molecular complexity index is 377. The van der Waals surface area contributed by atoms with Crippen LogP contribution in [0.2, 0.25) is 5.02 Å². The second kappa shape index (κ2) is 3.99. The average Bonchev–Trinajstić information content (AvgIpc) is 2.12. The summed E-state index contributed by atoms with van der Waals surface area (Å²) >= 11 is 8.84. The number of hydrogen-bond donors (Lipinski definition) is 0. The van der Waals surface area contributed by atoms with E-state index in [1.54, 1.807) is 19.9 Å². The maximum Gasteiger partial charge on any atom is 0.147 e. The molecule has 1 nitrogen and oxygen atoms in total. The summed E-state index contributed by atoms with van der Waals surface area (Å²) in [4.78, 5) is 10.8. The Hall–Kier alpha value is -0.410. The molecule has 0 radical (unpaired) electrons.